The lowest BCUT2D eigenvalue weighted by molar-refractivity contribution is 0.332. The molecule has 0 heterocycles. The third-order valence-corrected chi connectivity index (χ3v) is 3.19. The molecule has 0 saturated carbocycles. The summed E-state index contributed by atoms with van der Waals surface area (Å²) in [6.07, 6.45) is 0.995. The van der Waals surface area contributed by atoms with Crippen LogP contribution in [0.5, 0.6) is 0 Å². The predicted molar refractivity (Wildman–Crippen MR) is 70.8 cm³/mol. The summed E-state index contributed by atoms with van der Waals surface area (Å²) < 4.78 is 0. The van der Waals surface area contributed by atoms with E-state index in [2.05, 4.69) is 0 Å². The van der Waals surface area contributed by atoms with Crippen LogP contribution in [0.3, 0.4) is 0 Å². The van der Waals surface area contributed by atoms with Crippen molar-refractivity contribution in [3.63, 3.8) is 0 Å². The average molecular weight is 278 g/mol. The normalized spacial score (nSPS) is 12.3. The van der Waals surface area contributed by atoms with Gasteiger partial charge in [0.15, 0.2) is 0 Å². The van der Waals surface area contributed by atoms with Gasteiger partial charge < -0.3 is 0 Å². The first-order valence-electron chi connectivity index (χ1n) is 6.47. The molecule has 0 aromatic heterocycles. The van der Waals surface area contributed by atoms with E-state index in [9.17, 15) is 10.5 Å². The third kappa shape index (κ3) is 6.08. The molecule has 0 aliphatic carbocycles. The Labute approximate surface area is 124 Å². The van der Waals surface area contributed by atoms with Gasteiger partial charge >= 0.3 is 0 Å². The van der Waals surface area contributed by atoms with E-state index in [1.54, 1.807) is 0 Å². The van der Waals surface area contributed by atoms with Crippen LogP contribution < -0.4 is 0 Å². The lowest BCUT2D eigenvalue weighted by Crippen LogP contribution is -2.24. The minimum absolute atomic E-state index is 0.0168. The van der Waals surface area contributed by atoms with Gasteiger partial charge in [-0.25, -0.2) is 0 Å². The summed E-state index contributed by atoms with van der Waals surface area (Å²) in [6.45, 7) is 0. The van der Waals surface area contributed by atoms with Crippen molar-refractivity contribution in [3.8, 4) is 36.4 Å². The van der Waals surface area contributed by atoms with E-state index < -0.39 is 17.3 Å². The van der Waals surface area contributed by atoms with Crippen LogP contribution in [0.2, 0.25) is 0 Å². The molecular formula is C15H14N6. The van der Waals surface area contributed by atoms with Crippen molar-refractivity contribution >= 4 is 0 Å². The largest absolute Gasteiger partial charge is 0.198 e. The molecule has 0 aromatic rings. The molecule has 2 atom stereocenters. The predicted octanol–water partition coefficient (Wildman–Crippen LogP) is 2.69. The summed E-state index contributed by atoms with van der Waals surface area (Å²) in [5.41, 5.74) is -1.42. The minimum Gasteiger partial charge on any atom is -0.198 e. The Bertz CT molecular complexity index is 527. The maximum atomic E-state index is 9.29. The van der Waals surface area contributed by atoms with Crippen LogP contribution in [-0.2, 0) is 0 Å². The summed E-state index contributed by atoms with van der Waals surface area (Å²) in [5, 5.41) is 53.8. The number of rotatable bonds is 8. The fourth-order valence-electron chi connectivity index (χ4n) is 2.03. The van der Waals surface area contributed by atoms with Crippen molar-refractivity contribution in [3.05, 3.63) is 0 Å². The highest BCUT2D eigenvalue weighted by atomic mass is 14.4. The minimum atomic E-state index is -1.42. The van der Waals surface area contributed by atoms with Gasteiger partial charge in [0.2, 0.25) is 0 Å². The zero-order valence-corrected chi connectivity index (χ0v) is 11.6. The molecule has 0 bridgehead atoms. The quantitative estimate of drug-likeness (QED) is 0.667. The van der Waals surface area contributed by atoms with Gasteiger partial charge in [0.1, 0.15) is 5.41 Å². The van der Waals surface area contributed by atoms with Crippen molar-refractivity contribution in [2.24, 2.45) is 17.3 Å². The lowest BCUT2D eigenvalue weighted by atomic mass is 9.74. The van der Waals surface area contributed by atoms with E-state index >= 15 is 0 Å². The maximum absolute atomic E-state index is 9.29. The molecular weight excluding hydrogens is 264 g/mol. The van der Waals surface area contributed by atoms with Crippen molar-refractivity contribution in [2.45, 2.75) is 38.5 Å². The monoisotopic (exact) mass is 278 g/mol. The summed E-state index contributed by atoms with van der Waals surface area (Å²) >= 11 is 0. The van der Waals surface area contributed by atoms with E-state index in [0.717, 1.165) is 0 Å². The number of nitrogens with zero attached hydrogens (tertiary/aromatic N) is 6. The highest BCUT2D eigenvalue weighted by Gasteiger charge is 2.36. The molecule has 0 amide bonds. The van der Waals surface area contributed by atoms with E-state index in [4.69, 9.17) is 21.0 Å². The van der Waals surface area contributed by atoms with E-state index in [0.29, 0.717) is 12.8 Å². The van der Waals surface area contributed by atoms with Gasteiger partial charge in [0.25, 0.3) is 0 Å². The van der Waals surface area contributed by atoms with Crippen LogP contribution in [0, 0.1) is 85.2 Å². The zero-order chi connectivity index (χ0) is 16.1. The Hall–Kier alpha value is -3.06. The first-order valence-corrected chi connectivity index (χ1v) is 6.47. The van der Waals surface area contributed by atoms with Crippen molar-refractivity contribution in [1.82, 2.24) is 0 Å². The summed E-state index contributed by atoms with van der Waals surface area (Å²) in [4.78, 5) is 0. The smallest absolute Gasteiger partial charge is 0.146 e. The first-order chi connectivity index (χ1) is 10.1. The Morgan fingerprint density at radius 2 is 1.05 bits per heavy atom. The molecule has 0 aliphatic heterocycles. The first kappa shape index (κ1) is 17.9. The maximum Gasteiger partial charge on any atom is 0.146 e. The summed E-state index contributed by atoms with van der Waals surface area (Å²) in [5.74, 6) is -1.14. The van der Waals surface area contributed by atoms with Crippen LogP contribution in [0.4, 0.5) is 0 Å². The molecule has 0 saturated heterocycles. The second-order valence-corrected chi connectivity index (χ2v) is 4.76. The Morgan fingerprint density at radius 3 is 1.29 bits per heavy atom. The SMILES string of the molecule is N#CCCC(C#N)CC(C#N)(C#N)CC(C#N)CCC#N. The Kier molecular flexibility index (Phi) is 8.39. The van der Waals surface area contributed by atoms with Gasteiger partial charge in [0, 0.05) is 24.7 Å². The molecule has 0 N–H and O–H groups in total. The van der Waals surface area contributed by atoms with Gasteiger partial charge in [-0.1, -0.05) is 0 Å². The summed E-state index contributed by atoms with van der Waals surface area (Å²) in [7, 11) is 0. The molecule has 0 aliphatic rings. The van der Waals surface area contributed by atoms with Crippen molar-refractivity contribution in [1.29, 1.82) is 31.6 Å². The highest BCUT2D eigenvalue weighted by molar-refractivity contribution is 5.17. The van der Waals surface area contributed by atoms with Gasteiger partial charge in [-0.05, 0) is 25.7 Å². The van der Waals surface area contributed by atoms with Crippen molar-refractivity contribution in [2.75, 3.05) is 0 Å². The van der Waals surface area contributed by atoms with E-state index in [1.165, 1.54) is 0 Å². The van der Waals surface area contributed by atoms with Gasteiger partial charge in [-0.15, -0.1) is 0 Å². The van der Waals surface area contributed by atoms with Crippen LogP contribution in [0.15, 0.2) is 0 Å². The molecule has 0 radical (unpaired) electrons. The highest BCUT2D eigenvalue weighted by Crippen LogP contribution is 2.35. The zero-order valence-electron chi connectivity index (χ0n) is 11.6. The topological polar surface area (TPSA) is 143 Å². The van der Waals surface area contributed by atoms with Crippen molar-refractivity contribution < 1.29 is 0 Å². The van der Waals surface area contributed by atoms with Gasteiger partial charge in [-0.3, -0.25) is 0 Å². The molecule has 0 spiro atoms. The Morgan fingerprint density at radius 1 is 0.667 bits per heavy atom. The fourth-order valence-corrected chi connectivity index (χ4v) is 2.03. The number of hydrogen-bond donors (Lipinski definition) is 0. The van der Waals surface area contributed by atoms with Crippen LogP contribution in [0.1, 0.15) is 38.5 Å². The van der Waals surface area contributed by atoms with Crippen LogP contribution >= 0.6 is 0 Å². The number of hydrogen-bond acceptors (Lipinski definition) is 6. The molecule has 21 heavy (non-hydrogen) atoms. The Balaban J connectivity index is 5.02. The van der Waals surface area contributed by atoms with Crippen LogP contribution in [-0.4, -0.2) is 0 Å². The standard InChI is InChI=1S/C15H14N6/c16-5-1-3-13(9-18)7-15(11-20,12-21)8-14(10-19)4-2-6-17/h13-14H,1-4,7-8H2. The van der Waals surface area contributed by atoms with E-state index in [1.807, 2.05) is 36.4 Å². The number of nitriles is 6. The molecule has 0 rings (SSSR count). The molecule has 104 valence electrons. The average Bonchev–Trinajstić information content (AvgIpc) is 2.53. The van der Waals surface area contributed by atoms with E-state index in [-0.39, 0.29) is 25.7 Å². The molecule has 2 unspecified atom stereocenters. The van der Waals surface area contributed by atoms with Gasteiger partial charge in [-0.2, -0.15) is 31.6 Å². The van der Waals surface area contributed by atoms with Crippen LogP contribution in [0.25, 0.3) is 0 Å². The third-order valence-electron chi connectivity index (χ3n) is 3.19. The fraction of sp³-hybridized carbons (Fsp3) is 0.600. The second-order valence-electron chi connectivity index (χ2n) is 4.76. The molecule has 6 heteroatoms. The lowest BCUT2D eigenvalue weighted by Gasteiger charge is -2.23. The molecule has 6 nitrogen and oxygen atoms in total. The molecule has 0 aromatic carbocycles. The van der Waals surface area contributed by atoms with Gasteiger partial charge in [0.05, 0.1) is 36.4 Å². The second kappa shape index (κ2) is 9.82. The molecule has 0 fully saturated rings. The summed E-state index contributed by atoms with van der Waals surface area (Å²) in [6, 6.07) is 11.7.